The van der Waals surface area contributed by atoms with Gasteiger partial charge in [0.25, 0.3) is 0 Å². The van der Waals surface area contributed by atoms with E-state index in [1.807, 2.05) is 12.3 Å². The highest BCUT2D eigenvalue weighted by atomic mass is 32.2. The second kappa shape index (κ2) is 7.61. The van der Waals surface area contributed by atoms with Gasteiger partial charge in [0, 0.05) is 12.3 Å². The number of thioether (sulfide) groups is 1. The minimum absolute atomic E-state index is 0.285. The Morgan fingerprint density at radius 2 is 1.85 bits per heavy atom. The van der Waals surface area contributed by atoms with Crippen molar-refractivity contribution < 1.29 is 23.7 Å². The van der Waals surface area contributed by atoms with Gasteiger partial charge in [0.15, 0.2) is 17.4 Å². The first kappa shape index (κ1) is 17.3. The smallest absolute Gasteiger partial charge is 0.338 e. The highest BCUT2D eigenvalue weighted by Gasteiger charge is 2.50. The van der Waals surface area contributed by atoms with Crippen molar-refractivity contribution in [2.24, 2.45) is 0 Å². The van der Waals surface area contributed by atoms with Gasteiger partial charge in [-0.3, -0.25) is 0 Å². The number of hydrogen-bond donors (Lipinski definition) is 0. The van der Waals surface area contributed by atoms with Crippen LogP contribution in [0.25, 0.3) is 0 Å². The summed E-state index contributed by atoms with van der Waals surface area (Å²) < 4.78 is 23.1. The molecule has 0 bridgehead atoms. The standard InChI is InChI=1S/C18H18N2O5S/c1-26-18-19-8-7-14(20-18)24-12-9-22-16-13(10-23-15(12)16)25-17(21)11-5-3-2-4-6-11/h2-8,12-13,15-16H,9-10H2,1H3/t12?,13-,15+,16+/m0/s1. The second-order valence-electron chi connectivity index (χ2n) is 5.94. The average molecular weight is 374 g/mol. The summed E-state index contributed by atoms with van der Waals surface area (Å²) in [5.41, 5.74) is 0.507. The predicted octanol–water partition coefficient (Wildman–Crippen LogP) is 1.97. The number of benzene rings is 1. The van der Waals surface area contributed by atoms with E-state index in [-0.39, 0.29) is 30.9 Å². The van der Waals surface area contributed by atoms with E-state index >= 15 is 0 Å². The molecule has 4 rings (SSSR count). The maximum Gasteiger partial charge on any atom is 0.338 e. The number of nitrogens with zero attached hydrogens (tertiary/aromatic N) is 2. The van der Waals surface area contributed by atoms with Gasteiger partial charge in [-0.15, -0.1) is 0 Å². The van der Waals surface area contributed by atoms with E-state index in [1.54, 1.807) is 36.5 Å². The van der Waals surface area contributed by atoms with Gasteiger partial charge in [0.05, 0.1) is 18.8 Å². The Bertz CT molecular complexity index is 775. The third-order valence-corrected chi connectivity index (χ3v) is 4.85. The summed E-state index contributed by atoms with van der Waals surface area (Å²) in [6.45, 7) is 0.640. The largest absolute Gasteiger partial charge is 0.469 e. The highest BCUT2D eigenvalue weighted by Crippen LogP contribution is 2.31. The molecule has 2 aliphatic rings. The normalized spacial score (nSPS) is 27.1. The van der Waals surface area contributed by atoms with Crippen LogP contribution in [0.1, 0.15) is 10.4 Å². The number of carbonyl (C=O) groups excluding carboxylic acids is 1. The van der Waals surface area contributed by atoms with Gasteiger partial charge in [-0.05, 0) is 18.4 Å². The van der Waals surface area contributed by atoms with E-state index in [9.17, 15) is 4.79 Å². The molecule has 4 atom stereocenters. The Hall–Kier alpha value is -2.16. The molecule has 1 unspecified atom stereocenters. The van der Waals surface area contributed by atoms with Gasteiger partial charge in [-0.25, -0.2) is 9.78 Å². The molecule has 0 radical (unpaired) electrons. The summed E-state index contributed by atoms with van der Waals surface area (Å²) in [5.74, 6) is 0.0974. The van der Waals surface area contributed by atoms with E-state index in [0.717, 1.165) is 0 Å². The Kier molecular flexibility index (Phi) is 5.05. The molecule has 0 N–H and O–H groups in total. The molecule has 26 heavy (non-hydrogen) atoms. The van der Waals surface area contributed by atoms with Crippen molar-refractivity contribution in [1.82, 2.24) is 9.97 Å². The zero-order valence-electron chi connectivity index (χ0n) is 14.1. The summed E-state index contributed by atoms with van der Waals surface area (Å²) in [7, 11) is 0. The minimum atomic E-state index is -0.450. The van der Waals surface area contributed by atoms with E-state index < -0.39 is 6.10 Å². The van der Waals surface area contributed by atoms with Gasteiger partial charge in [-0.1, -0.05) is 30.0 Å². The number of esters is 1. The molecule has 0 aliphatic carbocycles. The van der Waals surface area contributed by atoms with E-state index in [0.29, 0.717) is 23.2 Å². The molecular formula is C18H18N2O5S. The molecule has 2 fully saturated rings. The Morgan fingerprint density at radius 1 is 1.12 bits per heavy atom. The fourth-order valence-electron chi connectivity index (χ4n) is 3.06. The Balaban J connectivity index is 1.38. The van der Waals surface area contributed by atoms with Crippen molar-refractivity contribution in [1.29, 1.82) is 0 Å². The first-order chi connectivity index (χ1) is 12.7. The molecule has 1 aromatic carbocycles. The lowest BCUT2D eigenvalue weighted by molar-refractivity contribution is -0.0192. The molecule has 0 amide bonds. The summed E-state index contributed by atoms with van der Waals surface area (Å²) in [6, 6.07) is 10.6. The van der Waals surface area contributed by atoms with Gasteiger partial charge in [-0.2, -0.15) is 4.98 Å². The molecule has 1 aromatic heterocycles. The number of carbonyl (C=O) groups is 1. The lowest BCUT2D eigenvalue weighted by Crippen LogP contribution is -2.36. The van der Waals surface area contributed by atoms with Gasteiger partial charge < -0.3 is 18.9 Å². The lowest BCUT2D eigenvalue weighted by Gasteiger charge is -2.17. The third-order valence-electron chi connectivity index (χ3n) is 4.29. The zero-order valence-corrected chi connectivity index (χ0v) is 14.9. The van der Waals surface area contributed by atoms with E-state index in [4.69, 9.17) is 18.9 Å². The van der Waals surface area contributed by atoms with Crippen LogP contribution in [0.2, 0.25) is 0 Å². The fraction of sp³-hybridized carbons (Fsp3) is 0.389. The van der Waals surface area contributed by atoms with E-state index in [2.05, 4.69) is 9.97 Å². The molecule has 8 heteroatoms. The van der Waals surface area contributed by atoms with E-state index in [1.165, 1.54) is 11.8 Å². The van der Waals surface area contributed by atoms with Crippen LogP contribution in [-0.2, 0) is 14.2 Å². The van der Waals surface area contributed by atoms with Crippen molar-refractivity contribution in [3.05, 3.63) is 48.2 Å². The first-order valence-corrected chi connectivity index (χ1v) is 9.50. The first-order valence-electron chi connectivity index (χ1n) is 8.27. The van der Waals surface area contributed by atoms with Gasteiger partial charge in [0.1, 0.15) is 12.2 Å². The second-order valence-corrected chi connectivity index (χ2v) is 6.72. The molecule has 2 aliphatic heterocycles. The van der Waals surface area contributed by atoms with Crippen LogP contribution in [0, 0.1) is 0 Å². The maximum absolute atomic E-state index is 12.2. The topological polar surface area (TPSA) is 79.8 Å². The van der Waals surface area contributed by atoms with Crippen LogP contribution in [0.4, 0.5) is 0 Å². The Labute approximate surface area is 155 Å². The van der Waals surface area contributed by atoms with Gasteiger partial charge in [0.2, 0.25) is 5.88 Å². The number of rotatable bonds is 5. The molecule has 2 saturated heterocycles. The quantitative estimate of drug-likeness (QED) is 0.446. The Morgan fingerprint density at radius 3 is 2.62 bits per heavy atom. The van der Waals surface area contributed by atoms with Crippen molar-refractivity contribution >= 4 is 17.7 Å². The molecule has 7 nitrogen and oxygen atoms in total. The molecule has 136 valence electrons. The van der Waals surface area contributed by atoms with Crippen molar-refractivity contribution in [3.8, 4) is 5.88 Å². The van der Waals surface area contributed by atoms with Crippen LogP contribution in [0.15, 0.2) is 47.8 Å². The zero-order chi connectivity index (χ0) is 17.9. The third kappa shape index (κ3) is 3.53. The van der Waals surface area contributed by atoms with Crippen LogP contribution >= 0.6 is 11.8 Å². The summed E-state index contributed by atoms with van der Waals surface area (Å²) in [5, 5.41) is 0.639. The van der Waals surface area contributed by atoms with Crippen LogP contribution in [0.3, 0.4) is 0 Å². The molecular weight excluding hydrogens is 356 g/mol. The van der Waals surface area contributed by atoms with Crippen LogP contribution in [0.5, 0.6) is 5.88 Å². The average Bonchev–Trinajstić information content (AvgIpc) is 3.26. The van der Waals surface area contributed by atoms with Crippen LogP contribution < -0.4 is 4.74 Å². The summed E-state index contributed by atoms with van der Waals surface area (Å²) in [4.78, 5) is 20.7. The number of hydrogen-bond acceptors (Lipinski definition) is 8. The molecule has 0 saturated carbocycles. The van der Waals surface area contributed by atoms with Crippen molar-refractivity contribution in [2.75, 3.05) is 19.5 Å². The molecule has 3 heterocycles. The van der Waals surface area contributed by atoms with Gasteiger partial charge >= 0.3 is 5.97 Å². The summed E-state index contributed by atoms with van der Waals surface area (Å²) >= 11 is 1.44. The van der Waals surface area contributed by atoms with Crippen LogP contribution in [-0.4, -0.2) is 59.8 Å². The fourth-order valence-corrected chi connectivity index (χ4v) is 3.40. The lowest BCUT2D eigenvalue weighted by atomic mass is 10.1. The van der Waals surface area contributed by atoms with Crippen molar-refractivity contribution in [2.45, 2.75) is 29.6 Å². The highest BCUT2D eigenvalue weighted by molar-refractivity contribution is 7.98. The van der Waals surface area contributed by atoms with Crippen molar-refractivity contribution in [3.63, 3.8) is 0 Å². The number of aromatic nitrogens is 2. The molecule has 2 aromatic rings. The predicted molar refractivity (Wildman–Crippen MR) is 93.4 cm³/mol. The number of ether oxygens (including phenoxy) is 4. The minimum Gasteiger partial charge on any atom is -0.469 e. The number of fused-ring (bicyclic) bond motifs is 1. The maximum atomic E-state index is 12.2. The SMILES string of the molecule is CSc1nccc(OC2CO[C@@H]3[C@@H](OC(=O)c4ccccc4)CO[C@H]23)n1. The monoisotopic (exact) mass is 374 g/mol. The summed E-state index contributed by atoms with van der Waals surface area (Å²) in [6.07, 6.45) is 2.17. The molecule has 0 spiro atoms.